The molecule has 2 rings (SSSR count). The molecule has 0 spiro atoms. The Morgan fingerprint density at radius 3 is 3.06 bits per heavy atom. The molecule has 0 radical (unpaired) electrons. The first kappa shape index (κ1) is 13.4. The Labute approximate surface area is 117 Å². The highest BCUT2D eigenvalue weighted by Gasteiger charge is 2.30. The molecular formula is C11H12BrN3O2S. The van der Waals surface area contributed by atoms with E-state index in [0.717, 1.165) is 9.50 Å². The molecule has 0 bridgehead atoms. The number of urea groups is 1. The highest BCUT2D eigenvalue weighted by molar-refractivity contribution is 9.10. The van der Waals surface area contributed by atoms with Gasteiger partial charge in [0, 0.05) is 23.8 Å². The summed E-state index contributed by atoms with van der Waals surface area (Å²) in [6, 6.07) is 3.37. The lowest BCUT2D eigenvalue weighted by Crippen LogP contribution is -2.38. The lowest BCUT2D eigenvalue weighted by molar-refractivity contribution is -0.126. The first-order valence-corrected chi connectivity index (χ1v) is 7.13. The Hall–Kier alpha value is -1.08. The third kappa shape index (κ3) is 2.84. The number of nitrogens with one attached hydrogen (secondary N) is 1. The fourth-order valence-electron chi connectivity index (χ4n) is 1.58. The van der Waals surface area contributed by atoms with Crippen molar-refractivity contribution in [3.05, 3.63) is 22.8 Å². The molecule has 96 valence electrons. The third-order valence-electron chi connectivity index (χ3n) is 2.48. The quantitative estimate of drug-likeness (QED) is 0.860. The zero-order chi connectivity index (χ0) is 13.1. The molecule has 1 atom stereocenters. The Kier molecular flexibility index (Phi) is 4.23. The predicted octanol–water partition coefficient (Wildman–Crippen LogP) is 1.88. The number of amides is 3. The predicted molar refractivity (Wildman–Crippen MR) is 72.4 cm³/mol. The number of thioether (sulfide) groups is 1. The van der Waals surface area contributed by atoms with E-state index in [0.29, 0.717) is 13.1 Å². The van der Waals surface area contributed by atoms with Crippen molar-refractivity contribution >= 4 is 39.6 Å². The molecule has 1 saturated heterocycles. The first-order valence-electron chi connectivity index (χ1n) is 5.46. The van der Waals surface area contributed by atoms with Gasteiger partial charge in [0.05, 0.1) is 5.25 Å². The number of nitrogens with zero attached hydrogens (tertiary/aromatic N) is 2. The number of pyridine rings is 1. The van der Waals surface area contributed by atoms with Crippen LogP contribution in [-0.2, 0) is 4.79 Å². The molecule has 1 N–H and O–H groups in total. The number of hydrogen-bond acceptors (Lipinski definition) is 4. The average Bonchev–Trinajstić information content (AvgIpc) is 2.77. The van der Waals surface area contributed by atoms with E-state index in [9.17, 15) is 9.59 Å². The number of hydrogen-bond donors (Lipinski definition) is 1. The van der Waals surface area contributed by atoms with Crippen LogP contribution >= 0.6 is 27.7 Å². The Bertz CT molecular complexity index is 483. The lowest BCUT2D eigenvalue weighted by atomic mass is 10.4. The molecule has 7 heteroatoms. The van der Waals surface area contributed by atoms with Crippen molar-refractivity contribution in [2.45, 2.75) is 17.2 Å². The van der Waals surface area contributed by atoms with Gasteiger partial charge in [0.2, 0.25) is 5.91 Å². The van der Waals surface area contributed by atoms with Crippen molar-refractivity contribution in [2.24, 2.45) is 0 Å². The molecule has 1 aromatic heterocycles. The van der Waals surface area contributed by atoms with Gasteiger partial charge in [0.1, 0.15) is 5.03 Å². The normalized spacial score (nSPS) is 16.6. The maximum atomic E-state index is 12.1. The van der Waals surface area contributed by atoms with E-state index in [4.69, 9.17) is 0 Å². The van der Waals surface area contributed by atoms with Crippen molar-refractivity contribution in [3.8, 4) is 0 Å². The van der Waals surface area contributed by atoms with Gasteiger partial charge in [0.15, 0.2) is 0 Å². The van der Waals surface area contributed by atoms with Gasteiger partial charge >= 0.3 is 6.03 Å². The molecule has 5 nitrogen and oxygen atoms in total. The van der Waals surface area contributed by atoms with E-state index >= 15 is 0 Å². The Morgan fingerprint density at radius 2 is 2.44 bits per heavy atom. The lowest BCUT2D eigenvalue weighted by Gasteiger charge is -2.17. The number of carbonyl (C=O) groups is 2. The van der Waals surface area contributed by atoms with Gasteiger partial charge in [-0.1, -0.05) is 11.8 Å². The second-order valence-electron chi connectivity index (χ2n) is 3.77. The standard InChI is InChI=1S/C11H12BrN3O2S/c1-7(10(16)15-6-5-14-11(15)17)18-9-8(12)3-2-4-13-9/h2-4,7H,5-6H2,1H3,(H,14,17). The maximum absolute atomic E-state index is 12.1. The van der Waals surface area contributed by atoms with Crippen LogP contribution in [0.4, 0.5) is 4.79 Å². The van der Waals surface area contributed by atoms with Crippen molar-refractivity contribution in [2.75, 3.05) is 13.1 Å². The van der Waals surface area contributed by atoms with E-state index < -0.39 is 0 Å². The van der Waals surface area contributed by atoms with Crippen LogP contribution in [0.2, 0.25) is 0 Å². The minimum Gasteiger partial charge on any atom is -0.336 e. The molecule has 1 aliphatic heterocycles. The summed E-state index contributed by atoms with van der Waals surface area (Å²) >= 11 is 4.72. The van der Waals surface area contributed by atoms with Crippen LogP contribution in [0.25, 0.3) is 0 Å². The van der Waals surface area contributed by atoms with E-state index in [1.54, 1.807) is 13.1 Å². The number of aromatic nitrogens is 1. The smallest absolute Gasteiger partial charge is 0.324 e. The fourth-order valence-corrected chi connectivity index (χ4v) is 2.98. The number of rotatable bonds is 3. The molecule has 0 saturated carbocycles. The van der Waals surface area contributed by atoms with Crippen LogP contribution in [0.15, 0.2) is 27.8 Å². The number of imide groups is 1. The summed E-state index contributed by atoms with van der Waals surface area (Å²) in [4.78, 5) is 28.9. The van der Waals surface area contributed by atoms with E-state index in [1.165, 1.54) is 16.7 Å². The van der Waals surface area contributed by atoms with Gasteiger partial charge in [-0.15, -0.1) is 0 Å². The van der Waals surface area contributed by atoms with Crippen LogP contribution in [0.3, 0.4) is 0 Å². The molecule has 18 heavy (non-hydrogen) atoms. The van der Waals surface area contributed by atoms with E-state index in [-0.39, 0.29) is 17.2 Å². The van der Waals surface area contributed by atoms with Gasteiger partial charge in [-0.3, -0.25) is 9.69 Å². The van der Waals surface area contributed by atoms with E-state index in [1.807, 2.05) is 12.1 Å². The van der Waals surface area contributed by atoms with Crippen LogP contribution < -0.4 is 5.32 Å². The molecule has 1 fully saturated rings. The highest BCUT2D eigenvalue weighted by Crippen LogP contribution is 2.29. The largest absolute Gasteiger partial charge is 0.336 e. The zero-order valence-electron chi connectivity index (χ0n) is 9.72. The second-order valence-corrected chi connectivity index (χ2v) is 5.96. The molecule has 1 aromatic rings. The van der Waals surface area contributed by atoms with Crippen LogP contribution in [-0.4, -0.2) is 40.2 Å². The van der Waals surface area contributed by atoms with Gasteiger partial charge < -0.3 is 5.32 Å². The van der Waals surface area contributed by atoms with Gasteiger partial charge in [-0.2, -0.15) is 0 Å². The summed E-state index contributed by atoms with van der Waals surface area (Å²) in [5.41, 5.74) is 0. The minimum atomic E-state index is -0.347. The van der Waals surface area contributed by atoms with Crippen LogP contribution in [0, 0.1) is 0 Å². The maximum Gasteiger partial charge on any atom is 0.324 e. The van der Waals surface area contributed by atoms with Crippen LogP contribution in [0.1, 0.15) is 6.92 Å². The van der Waals surface area contributed by atoms with Gasteiger partial charge in [0.25, 0.3) is 0 Å². The van der Waals surface area contributed by atoms with E-state index in [2.05, 4.69) is 26.2 Å². The first-order chi connectivity index (χ1) is 8.59. The molecule has 0 aromatic carbocycles. The van der Waals surface area contributed by atoms with Crippen molar-refractivity contribution in [3.63, 3.8) is 0 Å². The van der Waals surface area contributed by atoms with Gasteiger partial charge in [-0.25, -0.2) is 9.78 Å². The molecule has 1 unspecified atom stereocenters. The average molecular weight is 330 g/mol. The summed E-state index contributed by atoms with van der Waals surface area (Å²) in [5.74, 6) is -0.187. The molecular weight excluding hydrogens is 318 g/mol. The summed E-state index contributed by atoms with van der Waals surface area (Å²) < 4.78 is 0.848. The van der Waals surface area contributed by atoms with Crippen molar-refractivity contribution in [1.82, 2.24) is 15.2 Å². The van der Waals surface area contributed by atoms with Gasteiger partial charge in [-0.05, 0) is 35.0 Å². The number of halogens is 1. The third-order valence-corrected chi connectivity index (χ3v) is 4.49. The summed E-state index contributed by atoms with van der Waals surface area (Å²) in [7, 11) is 0. The fraction of sp³-hybridized carbons (Fsp3) is 0.364. The Balaban J connectivity index is 2.04. The topological polar surface area (TPSA) is 62.3 Å². The SMILES string of the molecule is CC(Sc1ncccc1Br)C(=O)N1CCNC1=O. The monoisotopic (exact) mass is 329 g/mol. The summed E-state index contributed by atoms with van der Waals surface area (Å²) in [6.07, 6.45) is 1.67. The molecule has 2 heterocycles. The van der Waals surface area contributed by atoms with Crippen molar-refractivity contribution in [1.29, 1.82) is 0 Å². The summed E-state index contributed by atoms with van der Waals surface area (Å²) in [5, 5.41) is 3.01. The second kappa shape index (κ2) is 5.71. The van der Waals surface area contributed by atoms with Crippen molar-refractivity contribution < 1.29 is 9.59 Å². The molecule has 0 aliphatic carbocycles. The zero-order valence-corrected chi connectivity index (χ0v) is 12.1. The molecule has 3 amide bonds. The highest BCUT2D eigenvalue weighted by atomic mass is 79.9. The molecule has 1 aliphatic rings. The van der Waals surface area contributed by atoms with Crippen LogP contribution in [0.5, 0.6) is 0 Å². The summed E-state index contributed by atoms with van der Waals surface area (Å²) in [6.45, 7) is 2.74. The Morgan fingerprint density at radius 1 is 1.67 bits per heavy atom. The minimum absolute atomic E-state index is 0.187. The number of carbonyl (C=O) groups excluding carboxylic acids is 2.